The molecule has 10 nitrogen and oxygen atoms in total. The fourth-order valence-corrected chi connectivity index (χ4v) is 4.43. The molecule has 1 amide bonds. The van der Waals surface area contributed by atoms with Crippen LogP contribution in [-0.4, -0.2) is 35.1 Å². The van der Waals surface area contributed by atoms with Crippen molar-refractivity contribution in [3.8, 4) is 0 Å². The van der Waals surface area contributed by atoms with Gasteiger partial charge >= 0.3 is 5.97 Å². The fourth-order valence-electron chi connectivity index (χ4n) is 3.49. The third-order valence-electron chi connectivity index (χ3n) is 5.56. The molecule has 35 heavy (non-hydrogen) atoms. The molecule has 0 aliphatic rings. The van der Waals surface area contributed by atoms with Crippen molar-refractivity contribution in [2.75, 3.05) is 18.5 Å². The number of aromatic nitrogens is 1. The highest BCUT2D eigenvalue weighted by Gasteiger charge is 2.29. The van der Waals surface area contributed by atoms with Gasteiger partial charge in [0.25, 0.3) is 5.09 Å². The second-order valence-corrected chi connectivity index (χ2v) is 9.75. The second-order valence-electron chi connectivity index (χ2n) is 8.66. The highest BCUT2D eigenvalue weighted by atomic mass is 32.1. The van der Waals surface area contributed by atoms with E-state index in [1.165, 1.54) is 11.3 Å². The van der Waals surface area contributed by atoms with Crippen LogP contribution in [0.1, 0.15) is 43.7 Å². The van der Waals surface area contributed by atoms with Gasteiger partial charge in [0.05, 0.1) is 22.9 Å². The van der Waals surface area contributed by atoms with Gasteiger partial charge in [-0.1, -0.05) is 24.3 Å². The third kappa shape index (κ3) is 7.20. The number of pyridine rings is 1. The number of nitrogens with one attached hydrogen (secondary N) is 1. The SMILES string of the molecule is CC(C)(CCCO[N+](=O)[O-])C(=O)OCc1ccc([C@@H](CN)C(=O)Nc2cc3cnccc3s2)cc1. The Morgan fingerprint density at radius 3 is 2.66 bits per heavy atom. The van der Waals surface area contributed by atoms with Gasteiger partial charge in [0.15, 0.2) is 0 Å². The van der Waals surface area contributed by atoms with E-state index in [1.807, 2.05) is 12.1 Å². The maximum absolute atomic E-state index is 12.9. The summed E-state index contributed by atoms with van der Waals surface area (Å²) in [6.45, 7) is 3.59. The zero-order valence-electron chi connectivity index (χ0n) is 19.6. The first kappa shape index (κ1) is 26.0. The normalized spacial score (nSPS) is 12.2. The number of hydrogen-bond donors (Lipinski definition) is 2. The zero-order valence-corrected chi connectivity index (χ0v) is 20.4. The topological polar surface area (TPSA) is 147 Å². The van der Waals surface area contributed by atoms with E-state index in [9.17, 15) is 19.7 Å². The van der Waals surface area contributed by atoms with Gasteiger partial charge in [-0.05, 0) is 49.9 Å². The minimum atomic E-state index is -0.852. The number of anilines is 1. The molecule has 0 radical (unpaired) electrons. The predicted molar refractivity (Wildman–Crippen MR) is 132 cm³/mol. The monoisotopic (exact) mass is 500 g/mol. The number of esters is 1. The van der Waals surface area contributed by atoms with E-state index in [0.717, 1.165) is 26.2 Å². The van der Waals surface area contributed by atoms with Gasteiger partial charge in [-0.15, -0.1) is 21.5 Å². The number of benzene rings is 1. The van der Waals surface area contributed by atoms with Crippen molar-refractivity contribution in [1.29, 1.82) is 0 Å². The first-order chi connectivity index (χ1) is 16.7. The lowest BCUT2D eigenvalue weighted by atomic mass is 9.88. The molecular formula is C24H28N4O6S. The Balaban J connectivity index is 1.54. The van der Waals surface area contributed by atoms with Crippen LogP contribution in [0, 0.1) is 15.5 Å². The largest absolute Gasteiger partial charge is 0.460 e. The average Bonchev–Trinajstić information content (AvgIpc) is 3.23. The summed E-state index contributed by atoms with van der Waals surface area (Å²) in [5, 5.41) is 14.0. The Labute approximate surface area is 206 Å². The van der Waals surface area contributed by atoms with Crippen LogP contribution >= 0.6 is 11.3 Å². The number of amides is 1. The summed E-state index contributed by atoms with van der Waals surface area (Å²) < 4.78 is 6.47. The highest BCUT2D eigenvalue weighted by molar-refractivity contribution is 7.22. The van der Waals surface area contributed by atoms with Crippen LogP contribution in [0.4, 0.5) is 5.00 Å². The van der Waals surface area contributed by atoms with Crippen LogP contribution < -0.4 is 11.1 Å². The predicted octanol–water partition coefficient (Wildman–Crippen LogP) is 4.04. The first-order valence-electron chi connectivity index (χ1n) is 11.1. The summed E-state index contributed by atoms with van der Waals surface area (Å²) in [5.41, 5.74) is 6.63. The Morgan fingerprint density at radius 2 is 2.00 bits per heavy atom. The quantitative estimate of drug-likeness (QED) is 0.164. The summed E-state index contributed by atoms with van der Waals surface area (Å²) >= 11 is 1.47. The Morgan fingerprint density at radius 1 is 1.26 bits per heavy atom. The molecule has 0 aliphatic carbocycles. The number of ether oxygens (including phenoxy) is 1. The van der Waals surface area contributed by atoms with Crippen molar-refractivity contribution in [2.24, 2.45) is 11.1 Å². The molecule has 1 atom stereocenters. The van der Waals surface area contributed by atoms with Gasteiger partial charge in [0.1, 0.15) is 6.61 Å². The minimum absolute atomic E-state index is 0.0683. The molecule has 0 aliphatic heterocycles. The number of fused-ring (bicyclic) bond motifs is 1. The number of carbonyl (C=O) groups excluding carboxylic acids is 2. The van der Waals surface area contributed by atoms with Crippen molar-refractivity contribution >= 4 is 38.3 Å². The van der Waals surface area contributed by atoms with Gasteiger partial charge in [0.2, 0.25) is 5.91 Å². The molecule has 186 valence electrons. The number of rotatable bonds is 12. The smallest absolute Gasteiger partial charge is 0.311 e. The summed E-state index contributed by atoms with van der Waals surface area (Å²) in [6.07, 6.45) is 4.21. The maximum Gasteiger partial charge on any atom is 0.311 e. The molecule has 0 fully saturated rings. The van der Waals surface area contributed by atoms with E-state index in [4.69, 9.17) is 10.5 Å². The van der Waals surface area contributed by atoms with Gasteiger partial charge in [0, 0.05) is 29.0 Å². The molecular weight excluding hydrogens is 472 g/mol. The van der Waals surface area contributed by atoms with E-state index < -0.39 is 22.4 Å². The van der Waals surface area contributed by atoms with Crippen molar-refractivity contribution in [2.45, 2.75) is 39.2 Å². The summed E-state index contributed by atoms with van der Waals surface area (Å²) in [6, 6.07) is 11.0. The summed E-state index contributed by atoms with van der Waals surface area (Å²) in [7, 11) is 0. The third-order valence-corrected chi connectivity index (χ3v) is 6.59. The van der Waals surface area contributed by atoms with E-state index >= 15 is 0 Å². The molecule has 0 unspecified atom stereocenters. The Hall–Kier alpha value is -3.57. The molecule has 0 saturated carbocycles. The van der Waals surface area contributed by atoms with Crippen LogP contribution in [0.2, 0.25) is 0 Å². The Bertz CT molecular complexity index is 1150. The van der Waals surface area contributed by atoms with Gasteiger partial charge in [-0.25, -0.2) is 0 Å². The Kier molecular flexibility index (Phi) is 8.72. The number of thiophene rings is 1. The molecule has 3 aromatic rings. The number of nitrogens with two attached hydrogens (primary N) is 1. The maximum atomic E-state index is 12.9. The van der Waals surface area contributed by atoms with Crippen LogP contribution in [0.15, 0.2) is 48.8 Å². The first-order valence-corrected chi connectivity index (χ1v) is 11.9. The number of nitrogens with zero attached hydrogens (tertiary/aromatic N) is 2. The van der Waals surface area contributed by atoms with Crippen LogP contribution in [0.25, 0.3) is 10.1 Å². The number of hydrogen-bond acceptors (Lipinski definition) is 9. The van der Waals surface area contributed by atoms with Crippen molar-refractivity contribution in [3.05, 3.63) is 70.0 Å². The lowest BCUT2D eigenvalue weighted by Gasteiger charge is -2.22. The molecule has 3 N–H and O–H groups in total. The van der Waals surface area contributed by atoms with Crippen LogP contribution in [0.3, 0.4) is 0 Å². The molecule has 0 bridgehead atoms. The average molecular weight is 501 g/mol. The number of carbonyl (C=O) groups is 2. The molecule has 0 spiro atoms. The molecule has 2 heterocycles. The van der Waals surface area contributed by atoms with Crippen molar-refractivity contribution in [3.63, 3.8) is 0 Å². The van der Waals surface area contributed by atoms with Crippen molar-refractivity contribution < 1.29 is 24.3 Å². The molecule has 0 saturated heterocycles. The molecule has 1 aromatic carbocycles. The lowest BCUT2D eigenvalue weighted by Crippen LogP contribution is -2.27. The second kappa shape index (κ2) is 11.7. The fraction of sp³-hybridized carbons (Fsp3) is 0.375. The van der Waals surface area contributed by atoms with E-state index in [0.29, 0.717) is 12.8 Å². The van der Waals surface area contributed by atoms with E-state index in [1.54, 1.807) is 50.5 Å². The van der Waals surface area contributed by atoms with Gasteiger partial charge in [-0.3, -0.25) is 14.6 Å². The minimum Gasteiger partial charge on any atom is -0.460 e. The standard InChI is InChI=1S/C24H28N4O6S/c1-24(2,9-3-11-34-28(31)32)23(30)33-15-16-4-6-17(7-5-16)19(13-25)22(29)27-21-12-18-14-26-10-8-20(18)35-21/h4-8,10,12,14,19H,3,9,11,13,15,25H2,1-2H3,(H,27,29)/t19-/m1/s1. The highest BCUT2D eigenvalue weighted by Crippen LogP contribution is 2.30. The van der Waals surface area contributed by atoms with E-state index in [2.05, 4.69) is 15.1 Å². The molecule has 11 heteroatoms. The lowest BCUT2D eigenvalue weighted by molar-refractivity contribution is -0.757. The summed E-state index contributed by atoms with van der Waals surface area (Å²) in [4.78, 5) is 43.9. The van der Waals surface area contributed by atoms with E-state index in [-0.39, 0.29) is 25.7 Å². The summed E-state index contributed by atoms with van der Waals surface area (Å²) in [5.74, 6) is -1.13. The van der Waals surface area contributed by atoms with Crippen LogP contribution in [-0.2, 0) is 25.8 Å². The van der Waals surface area contributed by atoms with Crippen LogP contribution in [0.5, 0.6) is 0 Å². The molecule has 3 rings (SSSR count). The zero-order chi connectivity index (χ0) is 25.4. The van der Waals surface area contributed by atoms with Gasteiger partial charge < -0.3 is 20.6 Å². The van der Waals surface area contributed by atoms with Crippen molar-refractivity contribution in [1.82, 2.24) is 4.98 Å². The molecule has 2 aromatic heterocycles. The van der Waals surface area contributed by atoms with Gasteiger partial charge in [-0.2, -0.15) is 0 Å².